The summed E-state index contributed by atoms with van der Waals surface area (Å²) in [4.78, 5) is 2.49. The van der Waals surface area contributed by atoms with Crippen LogP contribution in [-0.4, -0.2) is 41.0 Å². The Bertz CT molecular complexity index is 710. The van der Waals surface area contributed by atoms with E-state index in [9.17, 15) is 0 Å². The third-order valence-electron chi connectivity index (χ3n) is 4.65. The predicted octanol–water partition coefficient (Wildman–Crippen LogP) is 2.72. The highest BCUT2D eigenvalue weighted by Crippen LogP contribution is 2.32. The molecular weight excluding hydrogens is 290 g/mol. The first-order valence-corrected chi connectivity index (χ1v) is 8.33. The number of aryl methyl sites for hydroxylation is 2. The highest BCUT2D eigenvalue weighted by Gasteiger charge is 2.25. The molecule has 5 nitrogen and oxygen atoms in total. The second kappa shape index (κ2) is 5.89. The van der Waals surface area contributed by atoms with Crippen LogP contribution in [0.25, 0.3) is 0 Å². The molecule has 5 heteroatoms. The number of hydrogen-bond donors (Lipinski definition) is 0. The van der Waals surface area contributed by atoms with Crippen LogP contribution in [0, 0.1) is 13.8 Å². The fourth-order valence-electron chi connectivity index (χ4n) is 3.62. The SMILES string of the molecule is Cc1cc(C)n(C2CCN(Cc3ccc4c(c3)OCCO4)C2)n1. The van der Waals surface area contributed by atoms with Crippen LogP contribution in [0.3, 0.4) is 0 Å². The molecule has 1 saturated heterocycles. The lowest BCUT2D eigenvalue weighted by molar-refractivity contribution is 0.171. The van der Waals surface area contributed by atoms with Crippen LogP contribution in [0.5, 0.6) is 11.5 Å². The van der Waals surface area contributed by atoms with Gasteiger partial charge in [0, 0.05) is 25.3 Å². The van der Waals surface area contributed by atoms with Crippen molar-refractivity contribution in [1.29, 1.82) is 0 Å². The summed E-state index contributed by atoms with van der Waals surface area (Å²) in [6.07, 6.45) is 1.16. The number of fused-ring (bicyclic) bond motifs is 1. The predicted molar refractivity (Wildman–Crippen MR) is 88.1 cm³/mol. The summed E-state index contributed by atoms with van der Waals surface area (Å²) in [6.45, 7) is 8.60. The molecule has 2 aromatic rings. The first-order chi connectivity index (χ1) is 11.2. The molecule has 1 unspecified atom stereocenters. The molecule has 0 spiro atoms. The summed E-state index contributed by atoms with van der Waals surface area (Å²) < 4.78 is 13.5. The van der Waals surface area contributed by atoms with Crippen molar-refractivity contribution >= 4 is 0 Å². The number of hydrogen-bond acceptors (Lipinski definition) is 4. The number of aromatic nitrogens is 2. The van der Waals surface area contributed by atoms with Gasteiger partial charge < -0.3 is 9.47 Å². The molecule has 23 heavy (non-hydrogen) atoms. The van der Waals surface area contributed by atoms with E-state index in [-0.39, 0.29) is 0 Å². The topological polar surface area (TPSA) is 39.5 Å². The highest BCUT2D eigenvalue weighted by molar-refractivity contribution is 5.43. The van der Waals surface area contributed by atoms with E-state index in [2.05, 4.69) is 46.7 Å². The zero-order chi connectivity index (χ0) is 15.8. The van der Waals surface area contributed by atoms with E-state index >= 15 is 0 Å². The van der Waals surface area contributed by atoms with Gasteiger partial charge in [-0.2, -0.15) is 5.10 Å². The van der Waals surface area contributed by atoms with Gasteiger partial charge in [-0.05, 0) is 44.0 Å². The molecule has 1 aromatic carbocycles. The third kappa shape index (κ3) is 2.93. The lowest BCUT2D eigenvalue weighted by atomic mass is 10.2. The summed E-state index contributed by atoms with van der Waals surface area (Å²) in [5.41, 5.74) is 3.64. The van der Waals surface area contributed by atoms with E-state index in [1.807, 2.05) is 6.07 Å². The van der Waals surface area contributed by atoms with E-state index in [0.29, 0.717) is 19.3 Å². The maximum Gasteiger partial charge on any atom is 0.161 e. The second-order valence-electron chi connectivity index (χ2n) is 6.53. The highest BCUT2D eigenvalue weighted by atomic mass is 16.6. The van der Waals surface area contributed by atoms with Crippen molar-refractivity contribution in [3.05, 3.63) is 41.2 Å². The minimum Gasteiger partial charge on any atom is -0.486 e. The summed E-state index contributed by atoms with van der Waals surface area (Å²) in [5, 5.41) is 4.64. The Balaban J connectivity index is 1.43. The fraction of sp³-hybridized carbons (Fsp3) is 0.500. The Morgan fingerprint density at radius 2 is 1.96 bits per heavy atom. The van der Waals surface area contributed by atoms with Crippen LogP contribution < -0.4 is 9.47 Å². The van der Waals surface area contributed by atoms with Crippen LogP contribution in [0.15, 0.2) is 24.3 Å². The molecule has 0 N–H and O–H groups in total. The monoisotopic (exact) mass is 313 g/mol. The summed E-state index contributed by atoms with van der Waals surface area (Å²) in [7, 11) is 0. The van der Waals surface area contributed by atoms with Crippen LogP contribution in [-0.2, 0) is 6.54 Å². The zero-order valence-corrected chi connectivity index (χ0v) is 13.8. The lowest BCUT2D eigenvalue weighted by Gasteiger charge is -2.21. The summed E-state index contributed by atoms with van der Waals surface area (Å²) in [6, 6.07) is 8.93. The molecule has 1 aromatic heterocycles. The number of rotatable bonds is 3. The number of ether oxygens (including phenoxy) is 2. The van der Waals surface area contributed by atoms with Gasteiger partial charge in [0.05, 0.1) is 11.7 Å². The molecule has 2 aliphatic heterocycles. The van der Waals surface area contributed by atoms with Gasteiger partial charge in [0.15, 0.2) is 11.5 Å². The molecular formula is C18H23N3O2. The van der Waals surface area contributed by atoms with Crippen LogP contribution in [0.1, 0.15) is 29.4 Å². The minimum atomic E-state index is 0.487. The molecule has 3 heterocycles. The molecule has 122 valence electrons. The van der Waals surface area contributed by atoms with E-state index in [0.717, 1.165) is 43.2 Å². The normalized spacial score (nSPS) is 20.9. The molecule has 1 fully saturated rings. The third-order valence-corrected chi connectivity index (χ3v) is 4.65. The van der Waals surface area contributed by atoms with Crippen LogP contribution >= 0.6 is 0 Å². The number of nitrogens with zero attached hydrogens (tertiary/aromatic N) is 3. The largest absolute Gasteiger partial charge is 0.486 e. The van der Waals surface area contributed by atoms with Crippen molar-refractivity contribution in [2.45, 2.75) is 32.9 Å². The van der Waals surface area contributed by atoms with E-state index < -0.39 is 0 Å². The maximum absolute atomic E-state index is 5.68. The standard InChI is InChI=1S/C18H23N3O2/c1-13-9-14(2)21(19-13)16-5-6-20(12-16)11-15-3-4-17-18(10-15)23-8-7-22-17/h3-4,9-10,16H,5-8,11-12H2,1-2H3. The number of likely N-dealkylation sites (tertiary alicyclic amines) is 1. The van der Waals surface area contributed by atoms with Crippen molar-refractivity contribution < 1.29 is 9.47 Å². The van der Waals surface area contributed by atoms with E-state index in [1.165, 1.54) is 11.3 Å². The fourth-order valence-corrected chi connectivity index (χ4v) is 3.62. The van der Waals surface area contributed by atoms with Gasteiger partial charge in [0.2, 0.25) is 0 Å². The van der Waals surface area contributed by atoms with Crippen molar-refractivity contribution in [1.82, 2.24) is 14.7 Å². The van der Waals surface area contributed by atoms with Gasteiger partial charge in [-0.3, -0.25) is 9.58 Å². The first-order valence-electron chi connectivity index (χ1n) is 8.33. The van der Waals surface area contributed by atoms with Gasteiger partial charge in [0.25, 0.3) is 0 Å². The van der Waals surface area contributed by atoms with E-state index in [4.69, 9.17) is 9.47 Å². The molecule has 0 saturated carbocycles. The minimum absolute atomic E-state index is 0.487. The van der Waals surface area contributed by atoms with Gasteiger partial charge in [0.1, 0.15) is 13.2 Å². The summed E-state index contributed by atoms with van der Waals surface area (Å²) >= 11 is 0. The Morgan fingerprint density at radius 3 is 2.74 bits per heavy atom. The van der Waals surface area contributed by atoms with Crippen LogP contribution in [0.4, 0.5) is 0 Å². The van der Waals surface area contributed by atoms with Gasteiger partial charge >= 0.3 is 0 Å². The van der Waals surface area contributed by atoms with Gasteiger partial charge in [-0.1, -0.05) is 6.07 Å². The molecule has 0 bridgehead atoms. The number of benzene rings is 1. The molecule has 1 atom stereocenters. The molecule has 2 aliphatic rings. The first kappa shape index (κ1) is 14.6. The molecule has 0 radical (unpaired) electrons. The van der Waals surface area contributed by atoms with Gasteiger partial charge in [-0.25, -0.2) is 0 Å². The zero-order valence-electron chi connectivity index (χ0n) is 13.8. The Hall–Kier alpha value is -2.01. The lowest BCUT2D eigenvalue weighted by Crippen LogP contribution is -2.22. The Kier molecular flexibility index (Phi) is 3.73. The van der Waals surface area contributed by atoms with E-state index in [1.54, 1.807) is 0 Å². The molecule has 0 amide bonds. The van der Waals surface area contributed by atoms with Crippen molar-refractivity contribution in [3.8, 4) is 11.5 Å². The average Bonchev–Trinajstić information content (AvgIpc) is 3.13. The van der Waals surface area contributed by atoms with Crippen LogP contribution in [0.2, 0.25) is 0 Å². The Labute approximate surface area is 136 Å². The molecule has 4 rings (SSSR count). The Morgan fingerprint density at radius 1 is 1.13 bits per heavy atom. The average molecular weight is 313 g/mol. The van der Waals surface area contributed by atoms with Crippen molar-refractivity contribution in [2.75, 3.05) is 26.3 Å². The van der Waals surface area contributed by atoms with Gasteiger partial charge in [-0.15, -0.1) is 0 Å². The summed E-state index contributed by atoms with van der Waals surface area (Å²) in [5.74, 6) is 1.74. The van der Waals surface area contributed by atoms with Crippen molar-refractivity contribution in [2.24, 2.45) is 0 Å². The smallest absolute Gasteiger partial charge is 0.161 e. The quantitative estimate of drug-likeness (QED) is 0.873. The second-order valence-corrected chi connectivity index (χ2v) is 6.53. The molecule has 0 aliphatic carbocycles. The van der Waals surface area contributed by atoms with Crippen molar-refractivity contribution in [3.63, 3.8) is 0 Å². The maximum atomic E-state index is 5.68.